The summed E-state index contributed by atoms with van der Waals surface area (Å²) in [7, 11) is 1.80. The number of benzene rings is 1. The first-order chi connectivity index (χ1) is 9.19. The van der Waals surface area contributed by atoms with E-state index >= 15 is 0 Å². The monoisotopic (exact) mass is 261 g/mol. The van der Waals surface area contributed by atoms with Gasteiger partial charge in [-0.2, -0.15) is 0 Å². The van der Waals surface area contributed by atoms with Crippen LogP contribution in [0.3, 0.4) is 0 Å². The summed E-state index contributed by atoms with van der Waals surface area (Å²) in [4.78, 5) is 0. The number of rotatable bonds is 5. The van der Waals surface area contributed by atoms with Gasteiger partial charge in [-0.25, -0.2) is 0 Å². The van der Waals surface area contributed by atoms with Crippen LogP contribution in [0, 0.1) is 13.8 Å². The van der Waals surface area contributed by atoms with Crippen LogP contribution in [0.2, 0.25) is 0 Å². The summed E-state index contributed by atoms with van der Waals surface area (Å²) in [6.07, 6.45) is 5.09. The van der Waals surface area contributed by atoms with Crippen LogP contribution >= 0.6 is 0 Å². The van der Waals surface area contributed by atoms with E-state index in [0.29, 0.717) is 12.0 Å². The standard InChI is InChI=1S/C17H27NO/c1-5-11-18-16-8-6-7-14(16)15-10-9-12(2)13(3)17(15)19-4/h9-10,14,16,18H,5-8,11H2,1-4H3. The Morgan fingerprint density at radius 3 is 2.74 bits per heavy atom. The molecule has 2 unspecified atom stereocenters. The van der Waals surface area contributed by atoms with Gasteiger partial charge < -0.3 is 10.1 Å². The van der Waals surface area contributed by atoms with E-state index in [-0.39, 0.29) is 0 Å². The zero-order valence-corrected chi connectivity index (χ0v) is 12.8. The Kier molecular flexibility index (Phi) is 4.87. The van der Waals surface area contributed by atoms with Gasteiger partial charge in [0, 0.05) is 12.0 Å². The van der Waals surface area contributed by atoms with Crippen molar-refractivity contribution >= 4 is 0 Å². The van der Waals surface area contributed by atoms with E-state index in [1.54, 1.807) is 7.11 Å². The maximum Gasteiger partial charge on any atom is 0.125 e. The zero-order chi connectivity index (χ0) is 13.8. The molecule has 1 saturated carbocycles. The lowest BCUT2D eigenvalue weighted by Gasteiger charge is -2.24. The summed E-state index contributed by atoms with van der Waals surface area (Å²) in [5.41, 5.74) is 4.01. The normalized spacial score (nSPS) is 22.7. The molecule has 1 aromatic rings. The van der Waals surface area contributed by atoms with Crippen LogP contribution in [-0.2, 0) is 0 Å². The molecule has 0 bridgehead atoms. The third-order valence-corrected chi connectivity index (χ3v) is 4.48. The minimum absolute atomic E-state index is 0.612. The van der Waals surface area contributed by atoms with Crippen LogP contribution in [0.5, 0.6) is 5.75 Å². The van der Waals surface area contributed by atoms with Crippen LogP contribution in [0.4, 0.5) is 0 Å². The Bertz CT molecular complexity index is 428. The molecule has 0 spiro atoms. The molecule has 1 N–H and O–H groups in total. The Morgan fingerprint density at radius 1 is 1.26 bits per heavy atom. The van der Waals surface area contributed by atoms with Crippen molar-refractivity contribution in [2.24, 2.45) is 0 Å². The van der Waals surface area contributed by atoms with E-state index < -0.39 is 0 Å². The van der Waals surface area contributed by atoms with Crippen LogP contribution in [0.25, 0.3) is 0 Å². The van der Waals surface area contributed by atoms with Crippen LogP contribution in [0.1, 0.15) is 55.2 Å². The van der Waals surface area contributed by atoms with Gasteiger partial charge in [-0.3, -0.25) is 0 Å². The molecular weight excluding hydrogens is 234 g/mol. The quantitative estimate of drug-likeness (QED) is 0.866. The first-order valence-electron chi connectivity index (χ1n) is 7.56. The molecule has 0 saturated heterocycles. The number of nitrogens with one attached hydrogen (secondary N) is 1. The van der Waals surface area contributed by atoms with Gasteiger partial charge >= 0.3 is 0 Å². The highest BCUT2D eigenvalue weighted by molar-refractivity contribution is 5.47. The van der Waals surface area contributed by atoms with Crippen LogP contribution in [0.15, 0.2) is 12.1 Å². The molecule has 2 rings (SSSR count). The topological polar surface area (TPSA) is 21.3 Å². The average Bonchev–Trinajstić information content (AvgIpc) is 2.87. The molecule has 0 aliphatic heterocycles. The third-order valence-electron chi connectivity index (χ3n) is 4.48. The van der Waals surface area contributed by atoms with Gasteiger partial charge in [0.2, 0.25) is 0 Å². The van der Waals surface area contributed by atoms with Gasteiger partial charge in [0.25, 0.3) is 0 Å². The molecule has 1 fully saturated rings. The highest BCUT2D eigenvalue weighted by Gasteiger charge is 2.30. The molecule has 1 aromatic carbocycles. The van der Waals surface area contributed by atoms with Crippen LogP contribution in [-0.4, -0.2) is 19.7 Å². The van der Waals surface area contributed by atoms with Crippen LogP contribution < -0.4 is 10.1 Å². The maximum absolute atomic E-state index is 5.69. The Balaban J connectivity index is 2.27. The smallest absolute Gasteiger partial charge is 0.125 e. The van der Waals surface area contributed by atoms with Gasteiger partial charge in [-0.05, 0) is 56.3 Å². The molecule has 1 aliphatic rings. The second-order valence-corrected chi connectivity index (χ2v) is 5.73. The third kappa shape index (κ3) is 2.94. The maximum atomic E-state index is 5.69. The molecule has 19 heavy (non-hydrogen) atoms. The van der Waals surface area contributed by atoms with Crippen molar-refractivity contribution < 1.29 is 4.74 Å². The SMILES string of the molecule is CCCNC1CCCC1c1ccc(C)c(C)c1OC. The van der Waals surface area contributed by atoms with E-state index in [0.717, 1.165) is 12.3 Å². The Morgan fingerprint density at radius 2 is 2.05 bits per heavy atom. The molecule has 2 nitrogen and oxygen atoms in total. The molecule has 106 valence electrons. The van der Waals surface area contributed by atoms with Crippen molar-refractivity contribution in [2.45, 2.75) is 58.4 Å². The molecule has 2 atom stereocenters. The second kappa shape index (κ2) is 6.42. The Hall–Kier alpha value is -1.02. The minimum Gasteiger partial charge on any atom is -0.496 e. The lowest BCUT2D eigenvalue weighted by atomic mass is 9.90. The summed E-state index contributed by atoms with van der Waals surface area (Å²) < 4.78 is 5.69. The molecule has 0 amide bonds. The van der Waals surface area contributed by atoms with Crippen molar-refractivity contribution in [2.75, 3.05) is 13.7 Å². The predicted molar refractivity (Wildman–Crippen MR) is 81.1 cm³/mol. The van der Waals surface area contributed by atoms with Gasteiger partial charge in [-0.15, -0.1) is 0 Å². The van der Waals surface area contributed by atoms with E-state index in [4.69, 9.17) is 4.74 Å². The lowest BCUT2D eigenvalue weighted by molar-refractivity contribution is 0.393. The van der Waals surface area contributed by atoms with Gasteiger partial charge in [0.1, 0.15) is 5.75 Å². The van der Waals surface area contributed by atoms with Gasteiger partial charge in [0.15, 0.2) is 0 Å². The minimum atomic E-state index is 0.612. The summed E-state index contributed by atoms with van der Waals surface area (Å²) in [6.45, 7) is 7.67. The largest absolute Gasteiger partial charge is 0.496 e. The Labute approximate surface area is 117 Å². The zero-order valence-electron chi connectivity index (χ0n) is 12.8. The van der Waals surface area contributed by atoms with E-state index in [1.807, 2.05) is 0 Å². The predicted octanol–water partition coefficient (Wildman–Crippen LogP) is 3.95. The van der Waals surface area contributed by atoms with Crippen molar-refractivity contribution in [1.82, 2.24) is 5.32 Å². The highest BCUT2D eigenvalue weighted by atomic mass is 16.5. The van der Waals surface area contributed by atoms with Crippen molar-refractivity contribution in [3.8, 4) is 5.75 Å². The second-order valence-electron chi connectivity index (χ2n) is 5.73. The number of ether oxygens (including phenoxy) is 1. The van der Waals surface area contributed by atoms with E-state index in [1.165, 1.54) is 42.4 Å². The van der Waals surface area contributed by atoms with Crippen molar-refractivity contribution in [1.29, 1.82) is 0 Å². The molecule has 0 radical (unpaired) electrons. The van der Waals surface area contributed by atoms with Crippen molar-refractivity contribution in [3.63, 3.8) is 0 Å². The number of hydrogen-bond donors (Lipinski definition) is 1. The van der Waals surface area contributed by atoms with Crippen molar-refractivity contribution in [3.05, 3.63) is 28.8 Å². The van der Waals surface area contributed by atoms with Gasteiger partial charge in [0.05, 0.1) is 7.11 Å². The molecular formula is C17H27NO. The lowest BCUT2D eigenvalue weighted by Crippen LogP contribution is -2.32. The summed E-state index contributed by atoms with van der Waals surface area (Å²) in [5.74, 6) is 1.72. The molecule has 2 heteroatoms. The summed E-state index contributed by atoms with van der Waals surface area (Å²) in [6, 6.07) is 5.14. The summed E-state index contributed by atoms with van der Waals surface area (Å²) >= 11 is 0. The van der Waals surface area contributed by atoms with E-state index in [2.05, 4.69) is 38.2 Å². The molecule has 0 heterocycles. The van der Waals surface area contributed by atoms with E-state index in [9.17, 15) is 0 Å². The fraction of sp³-hybridized carbons (Fsp3) is 0.647. The first kappa shape index (κ1) is 14.4. The number of methoxy groups -OCH3 is 1. The highest BCUT2D eigenvalue weighted by Crippen LogP contribution is 2.41. The fourth-order valence-electron chi connectivity index (χ4n) is 3.28. The first-order valence-corrected chi connectivity index (χ1v) is 7.56. The number of aryl methyl sites for hydroxylation is 1. The number of hydrogen-bond acceptors (Lipinski definition) is 2. The van der Waals surface area contributed by atoms with Gasteiger partial charge in [-0.1, -0.05) is 25.5 Å². The average molecular weight is 261 g/mol. The molecule has 1 aliphatic carbocycles. The molecule has 0 aromatic heterocycles. The summed E-state index contributed by atoms with van der Waals surface area (Å²) in [5, 5.41) is 3.71. The fourth-order valence-corrected chi connectivity index (χ4v) is 3.28.